The zero-order chi connectivity index (χ0) is 25.9. The van der Waals surface area contributed by atoms with E-state index in [0.717, 1.165) is 11.1 Å². The molecule has 186 valence electrons. The predicted octanol–water partition coefficient (Wildman–Crippen LogP) is 4.89. The normalized spacial score (nSPS) is 17.6. The summed E-state index contributed by atoms with van der Waals surface area (Å²) in [7, 11) is -3.35. The summed E-state index contributed by atoms with van der Waals surface area (Å²) in [5, 5.41) is 6.22. The van der Waals surface area contributed by atoms with Crippen molar-refractivity contribution in [1.82, 2.24) is 4.98 Å². The van der Waals surface area contributed by atoms with Crippen molar-refractivity contribution in [3.05, 3.63) is 95.2 Å². The van der Waals surface area contributed by atoms with Gasteiger partial charge in [-0.25, -0.2) is 13.4 Å². The number of carbonyl (C=O) groups is 2. The number of hydrogen-bond acceptors (Lipinski definition) is 5. The van der Waals surface area contributed by atoms with Crippen molar-refractivity contribution in [3.63, 3.8) is 0 Å². The summed E-state index contributed by atoms with van der Waals surface area (Å²) >= 11 is 5.90. The largest absolute Gasteiger partial charge is 0.326 e. The number of amides is 2. The molecule has 0 aliphatic heterocycles. The van der Waals surface area contributed by atoms with Crippen LogP contribution in [0.1, 0.15) is 24.0 Å². The summed E-state index contributed by atoms with van der Waals surface area (Å²) in [6.45, 7) is 3.99. The van der Waals surface area contributed by atoms with Crippen LogP contribution in [0, 0.1) is 11.8 Å². The third kappa shape index (κ3) is 6.19. The molecule has 0 bridgehead atoms. The van der Waals surface area contributed by atoms with Gasteiger partial charge in [0, 0.05) is 29.6 Å². The van der Waals surface area contributed by atoms with Gasteiger partial charge in [-0.3, -0.25) is 9.59 Å². The molecule has 2 amide bonds. The van der Waals surface area contributed by atoms with Crippen LogP contribution < -0.4 is 10.6 Å². The third-order valence-corrected chi connectivity index (χ3v) is 7.58. The molecule has 1 aliphatic rings. The molecule has 3 aromatic rings. The fourth-order valence-electron chi connectivity index (χ4n) is 4.36. The number of anilines is 2. The van der Waals surface area contributed by atoms with Crippen molar-refractivity contribution < 1.29 is 18.0 Å². The fourth-order valence-corrected chi connectivity index (χ4v) is 5.43. The third-order valence-electron chi connectivity index (χ3n) is 6.13. The van der Waals surface area contributed by atoms with Crippen LogP contribution in [-0.4, -0.2) is 31.5 Å². The van der Waals surface area contributed by atoms with Crippen molar-refractivity contribution in [2.24, 2.45) is 11.8 Å². The van der Waals surface area contributed by atoms with E-state index in [9.17, 15) is 18.0 Å². The van der Waals surface area contributed by atoms with E-state index in [1.54, 1.807) is 66.9 Å². The average Bonchev–Trinajstić information content (AvgIpc) is 3.23. The maximum absolute atomic E-state index is 13.0. The molecule has 7 nitrogen and oxygen atoms in total. The highest BCUT2D eigenvalue weighted by Gasteiger charge is 2.39. The summed E-state index contributed by atoms with van der Waals surface area (Å²) in [5.41, 5.74) is 2.94. The number of nitrogens with zero attached hydrogens (tertiary/aromatic N) is 1. The average molecular weight is 524 g/mol. The molecule has 2 N–H and O–H groups in total. The molecule has 0 saturated heterocycles. The summed E-state index contributed by atoms with van der Waals surface area (Å²) in [6, 6.07) is 17.1. The lowest BCUT2D eigenvalue weighted by molar-refractivity contribution is -0.128. The Bertz CT molecular complexity index is 1400. The van der Waals surface area contributed by atoms with Gasteiger partial charge in [0.05, 0.1) is 16.7 Å². The van der Waals surface area contributed by atoms with Crippen LogP contribution in [0.2, 0.25) is 5.02 Å². The molecule has 1 unspecified atom stereocenters. The summed E-state index contributed by atoms with van der Waals surface area (Å²) in [6.07, 6.45) is 4.03. The first-order chi connectivity index (χ1) is 17.1. The molecule has 9 heteroatoms. The van der Waals surface area contributed by atoms with Gasteiger partial charge in [0.25, 0.3) is 0 Å². The number of nitrogens with one attached hydrogen (secondary N) is 2. The number of pyridine rings is 1. The Kier molecular flexibility index (Phi) is 7.56. The van der Waals surface area contributed by atoms with Crippen LogP contribution in [-0.2, 0) is 25.8 Å². The Balaban J connectivity index is 1.42. The first kappa shape index (κ1) is 25.6. The number of halogens is 1. The SMILES string of the molecule is C=C1CC(C(=O)Nc2ccc(Cl)cc2)[C@@H](C(=O)Nc2ccc(Cc3ccccc3S(C)(=O)=O)cn2)C1. The lowest BCUT2D eigenvalue weighted by Crippen LogP contribution is -2.33. The molecule has 1 heterocycles. The number of allylic oxidation sites excluding steroid dienone is 1. The molecular formula is C27H26ClN3O4S. The van der Waals surface area contributed by atoms with Gasteiger partial charge in [-0.15, -0.1) is 0 Å². The Morgan fingerprint density at radius 1 is 0.972 bits per heavy atom. The van der Waals surface area contributed by atoms with E-state index in [1.807, 2.05) is 0 Å². The second kappa shape index (κ2) is 10.6. The molecule has 4 rings (SSSR count). The van der Waals surface area contributed by atoms with Crippen LogP contribution in [0.4, 0.5) is 11.5 Å². The van der Waals surface area contributed by atoms with Gasteiger partial charge in [-0.05, 0) is 60.4 Å². The number of rotatable bonds is 7. The smallest absolute Gasteiger partial charge is 0.229 e. The zero-order valence-corrected chi connectivity index (χ0v) is 21.3. The number of sulfone groups is 1. The van der Waals surface area contributed by atoms with Gasteiger partial charge in [-0.1, -0.05) is 48.0 Å². The van der Waals surface area contributed by atoms with Crippen molar-refractivity contribution in [2.45, 2.75) is 24.2 Å². The quantitative estimate of drug-likeness (QED) is 0.429. The number of hydrogen-bond donors (Lipinski definition) is 2. The lowest BCUT2D eigenvalue weighted by atomic mass is 9.94. The van der Waals surface area contributed by atoms with E-state index in [2.05, 4.69) is 22.2 Å². The number of carbonyl (C=O) groups excluding carboxylic acids is 2. The summed E-state index contributed by atoms with van der Waals surface area (Å²) in [4.78, 5) is 30.6. The molecule has 0 spiro atoms. The maximum Gasteiger partial charge on any atom is 0.229 e. The molecule has 2 aromatic carbocycles. The second-order valence-corrected chi connectivity index (χ2v) is 11.4. The van der Waals surface area contributed by atoms with Crippen LogP contribution in [0.3, 0.4) is 0 Å². The van der Waals surface area contributed by atoms with Crippen molar-refractivity contribution >= 4 is 44.8 Å². The van der Waals surface area contributed by atoms with Gasteiger partial charge >= 0.3 is 0 Å². The topological polar surface area (TPSA) is 105 Å². The zero-order valence-electron chi connectivity index (χ0n) is 19.7. The highest BCUT2D eigenvalue weighted by molar-refractivity contribution is 7.90. The van der Waals surface area contributed by atoms with Crippen molar-refractivity contribution in [3.8, 4) is 0 Å². The van der Waals surface area contributed by atoms with Gasteiger partial charge in [0.15, 0.2) is 9.84 Å². The van der Waals surface area contributed by atoms with E-state index in [4.69, 9.17) is 11.6 Å². The molecular weight excluding hydrogens is 498 g/mol. The minimum absolute atomic E-state index is 0.246. The van der Waals surface area contributed by atoms with Crippen LogP contribution in [0.25, 0.3) is 0 Å². The first-order valence-electron chi connectivity index (χ1n) is 11.4. The van der Waals surface area contributed by atoms with Crippen LogP contribution in [0.5, 0.6) is 0 Å². The highest BCUT2D eigenvalue weighted by Crippen LogP contribution is 2.36. The fraction of sp³-hybridized carbons (Fsp3) is 0.222. The van der Waals surface area contributed by atoms with Gasteiger partial charge < -0.3 is 10.6 Å². The Hall–Kier alpha value is -3.49. The first-order valence-corrected chi connectivity index (χ1v) is 13.6. The molecule has 1 aromatic heterocycles. The number of benzene rings is 2. The minimum atomic E-state index is -3.35. The van der Waals surface area contributed by atoms with E-state index in [1.165, 1.54) is 6.26 Å². The van der Waals surface area contributed by atoms with E-state index in [0.29, 0.717) is 41.4 Å². The Labute approximate surface area is 215 Å². The van der Waals surface area contributed by atoms with Gasteiger partial charge in [0.1, 0.15) is 5.82 Å². The monoisotopic (exact) mass is 523 g/mol. The second-order valence-electron chi connectivity index (χ2n) is 8.96. The highest BCUT2D eigenvalue weighted by atomic mass is 35.5. The Morgan fingerprint density at radius 2 is 1.61 bits per heavy atom. The standard InChI is InChI=1S/C27H26ClN3O4S/c1-17-13-22(26(32)30-21-10-8-20(28)9-11-21)23(14-17)27(33)31-25-12-7-18(16-29-25)15-19-5-3-4-6-24(19)36(2,34)35/h3-12,16,22-23H,1,13-15H2,2H3,(H,30,32)(H,29,31,33)/t22?,23-/m0/s1. The molecule has 1 aliphatic carbocycles. The summed E-state index contributed by atoms with van der Waals surface area (Å²) < 4.78 is 24.1. The predicted molar refractivity (Wildman–Crippen MR) is 141 cm³/mol. The van der Waals surface area contributed by atoms with Gasteiger partial charge in [0.2, 0.25) is 11.8 Å². The van der Waals surface area contributed by atoms with Gasteiger partial charge in [-0.2, -0.15) is 0 Å². The van der Waals surface area contributed by atoms with Crippen molar-refractivity contribution in [2.75, 3.05) is 16.9 Å². The van der Waals surface area contributed by atoms with E-state index < -0.39 is 21.7 Å². The maximum atomic E-state index is 13.0. The molecule has 36 heavy (non-hydrogen) atoms. The lowest BCUT2D eigenvalue weighted by Gasteiger charge is -2.18. The van der Waals surface area contributed by atoms with Crippen LogP contribution in [0.15, 0.2) is 83.9 Å². The minimum Gasteiger partial charge on any atom is -0.326 e. The summed E-state index contributed by atoms with van der Waals surface area (Å²) in [5.74, 6) is -1.29. The molecule has 1 saturated carbocycles. The Morgan fingerprint density at radius 3 is 2.22 bits per heavy atom. The number of aromatic nitrogens is 1. The molecule has 0 radical (unpaired) electrons. The van der Waals surface area contributed by atoms with E-state index >= 15 is 0 Å². The van der Waals surface area contributed by atoms with E-state index in [-0.39, 0.29) is 16.7 Å². The van der Waals surface area contributed by atoms with Crippen LogP contribution >= 0.6 is 11.6 Å². The van der Waals surface area contributed by atoms with Crippen molar-refractivity contribution in [1.29, 1.82) is 0 Å². The molecule has 2 atom stereocenters. The molecule has 1 fully saturated rings.